The molecule has 2 heterocycles. The van der Waals surface area contributed by atoms with Crippen molar-refractivity contribution in [2.75, 3.05) is 13.1 Å². The number of nitrogens with zero attached hydrogens (tertiary/aromatic N) is 2. The van der Waals surface area contributed by atoms with E-state index in [1.165, 1.54) is 11.3 Å². The van der Waals surface area contributed by atoms with Crippen LogP contribution in [0.2, 0.25) is 0 Å². The Hall–Kier alpha value is -2.45. The number of para-hydroxylation sites is 1. The van der Waals surface area contributed by atoms with Gasteiger partial charge in [-0.05, 0) is 24.1 Å². The summed E-state index contributed by atoms with van der Waals surface area (Å²) in [6.45, 7) is -0.104. The first kappa shape index (κ1) is 19.8. The number of likely N-dealkylation sites (tertiary alicyclic amines) is 1. The zero-order valence-electron chi connectivity index (χ0n) is 15.5. The van der Waals surface area contributed by atoms with Gasteiger partial charge in [0.15, 0.2) is 5.41 Å². The van der Waals surface area contributed by atoms with Crippen molar-refractivity contribution in [2.24, 2.45) is 5.41 Å². The Balaban J connectivity index is 1.47. The third-order valence-corrected chi connectivity index (χ3v) is 6.21. The predicted octanol–water partition coefficient (Wildman–Crippen LogP) is 4.79. The number of ether oxygens (including phenoxy) is 1. The number of thiazole rings is 1. The van der Waals surface area contributed by atoms with Crippen LogP contribution in [0.15, 0.2) is 54.6 Å². The maximum Gasteiger partial charge on any atom is 0.406 e. The van der Waals surface area contributed by atoms with Gasteiger partial charge in [-0.15, -0.1) is 11.3 Å². The highest BCUT2D eigenvalue weighted by atomic mass is 32.1. The van der Waals surface area contributed by atoms with Gasteiger partial charge in [0.05, 0.1) is 10.2 Å². The number of hydrogen-bond acceptors (Lipinski definition) is 5. The van der Waals surface area contributed by atoms with Crippen LogP contribution >= 0.6 is 11.3 Å². The summed E-state index contributed by atoms with van der Waals surface area (Å²) in [6.07, 6.45) is -4.98. The van der Waals surface area contributed by atoms with Gasteiger partial charge in [-0.3, -0.25) is 9.69 Å². The van der Waals surface area contributed by atoms with Gasteiger partial charge >= 0.3 is 12.1 Å². The smallest absolute Gasteiger partial charge is 0.406 e. The summed E-state index contributed by atoms with van der Waals surface area (Å²) in [5, 5.41) is 0.482. The van der Waals surface area contributed by atoms with Gasteiger partial charge in [0.2, 0.25) is 0 Å². The number of rotatable bonds is 5. The largest absolute Gasteiger partial charge is 0.458 e. The Morgan fingerprint density at radius 3 is 2.59 bits per heavy atom. The van der Waals surface area contributed by atoms with Gasteiger partial charge in [0, 0.05) is 19.6 Å². The molecular formula is C21H19F3N2O2S. The molecule has 0 aliphatic carbocycles. The number of carbonyl (C=O) groups is 1. The number of hydrogen-bond donors (Lipinski definition) is 0. The molecule has 3 aromatic rings. The molecule has 1 aromatic heterocycles. The molecule has 1 fully saturated rings. The zero-order chi connectivity index (χ0) is 20.5. The molecule has 0 amide bonds. The number of aromatic nitrogens is 1. The average Bonchev–Trinajstić information content (AvgIpc) is 3.31. The third-order valence-electron chi connectivity index (χ3n) is 5.20. The number of fused-ring (bicyclic) bond motifs is 1. The molecular weight excluding hydrogens is 401 g/mol. The molecule has 0 spiro atoms. The van der Waals surface area contributed by atoms with Gasteiger partial charge in [-0.1, -0.05) is 42.5 Å². The van der Waals surface area contributed by atoms with Crippen LogP contribution < -0.4 is 0 Å². The average molecular weight is 420 g/mol. The Bertz CT molecular complexity index is 973. The van der Waals surface area contributed by atoms with Crippen molar-refractivity contribution in [1.82, 2.24) is 9.88 Å². The lowest BCUT2D eigenvalue weighted by Gasteiger charge is -2.29. The molecule has 0 saturated carbocycles. The van der Waals surface area contributed by atoms with Gasteiger partial charge < -0.3 is 4.74 Å². The molecule has 1 saturated heterocycles. The molecule has 1 atom stereocenters. The van der Waals surface area contributed by atoms with Gasteiger partial charge in [0.1, 0.15) is 11.6 Å². The van der Waals surface area contributed by atoms with E-state index in [0.29, 0.717) is 11.6 Å². The minimum Gasteiger partial charge on any atom is -0.458 e. The first-order chi connectivity index (χ1) is 13.9. The molecule has 8 heteroatoms. The molecule has 1 unspecified atom stereocenters. The van der Waals surface area contributed by atoms with Crippen molar-refractivity contribution >= 4 is 27.5 Å². The molecule has 0 radical (unpaired) electrons. The van der Waals surface area contributed by atoms with Gasteiger partial charge in [-0.25, -0.2) is 4.98 Å². The van der Waals surface area contributed by atoms with E-state index in [0.717, 1.165) is 15.8 Å². The normalized spacial score (nSPS) is 20.2. The van der Waals surface area contributed by atoms with E-state index in [9.17, 15) is 18.0 Å². The highest BCUT2D eigenvalue weighted by Crippen LogP contribution is 2.47. The summed E-state index contributed by atoms with van der Waals surface area (Å²) in [7, 11) is 0. The first-order valence-corrected chi connectivity index (χ1v) is 10.0. The standard InChI is InChI=1S/C21H19F3N2O2S/c22-21(23,24)20(10-11-26(14-20)12-15-6-2-1-3-7-15)19(27)28-13-18-25-16-8-4-5-9-17(16)29-18/h1-9H,10-14H2. The Labute approximate surface area is 169 Å². The molecule has 0 N–H and O–H groups in total. The summed E-state index contributed by atoms with van der Waals surface area (Å²) in [4.78, 5) is 18.6. The fraction of sp³-hybridized carbons (Fsp3) is 0.333. The summed E-state index contributed by atoms with van der Waals surface area (Å²) in [6, 6.07) is 16.6. The van der Waals surface area contributed by atoms with E-state index < -0.39 is 24.1 Å². The van der Waals surface area contributed by atoms with E-state index in [4.69, 9.17) is 4.74 Å². The minimum absolute atomic E-state index is 0.185. The molecule has 1 aliphatic heterocycles. The van der Waals surface area contributed by atoms with Crippen LogP contribution in [0.3, 0.4) is 0 Å². The van der Waals surface area contributed by atoms with E-state index in [1.807, 2.05) is 54.6 Å². The summed E-state index contributed by atoms with van der Waals surface area (Å²) < 4.78 is 47.8. The van der Waals surface area contributed by atoms with Crippen LogP contribution in [0.4, 0.5) is 13.2 Å². The summed E-state index contributed by atoms with van der Waals surface area (Å²) in [5.74, 6) is -1.22. The third kappa shape index (κ3) is 4.00. The second-order valence-corrected chi connectivity index (χ2v) is 8.29. The maximum atomic E-state index is 13.9. The second kappa shape index (κ2) is 7.76. The molecule has 0 bridgehead atoms. The van der Waals surface area contributed by atoms with Crippen LogP contribution in [0.25, 0.3) is 10.2 Å². The Kier molecular flexibility index (Phi) is 5.31. The molecule has 1 aliphatic rings. The van der Waals surface area contributed by atoms with Crippen LogP contribution in [0.1, 0.15) is 17.0 Å². The molecule has 4 nitrogen and oxygen atoms in total. The molecule has 4 rings (SSSR count). The second-order valence-electron chi connectivity index (χ2n) is 7.18. The Morgan fingerprint density at radius 2 is 1.86 bits per heavy atom. The minimum atomic E-state index is -4.68. The van der Waals surface area contributed by atoms with Crippen molar-refractivity contribution in [1.29, 1.82) is 0 Å². The predicted molar refractivity (Wildman–Crippen MR) is 104 cm³/mol. The first-order valence-electron chi connectivity index (χ1n) is 9.22. The van der Waals surface area contributed by atoms with E-state index >= 15 is 0 Å². The van der Waals surface area contributed by atoms with Crippen molar-refractivity contribution in [3.63, 3.8) is 0 Å². The van der Waals surface area contributed by atoms with E-state index in [-0.39, 0.29) is 19.6 Å². The summed E-state index contributed by atoms with van der Waals surface area (Å²) in [5.41, 5.74) is -0.851. The fourth-order valence-electron chi connectivity index (χ4n) is 3.63. The number of halogens is 3. The van der Waals surface area contributed by atoms with Crippen LogP contribution in [-0.2, 0) is 22.7 Å². The lowest BCUT2D eigenvalue weighted by atomic mass is 9.86. The highest BCUT2D eigenvalue weighted by molar-refractivity contribution is 7.18. The lowest BCUT2D eigenvalue weighted by Crippen LogP contribution is -2.48. The fourth-order valence-corrected chi connectivity index (χ4v) is 4.51. The van der Waals surface area contributed by atoms with Crippen molar-refractivity contribution in [2.45, 2.75) is 25.7 Å². The van der Waals surface area contributed by atoms with Crippen LogP contribution in [-0.4, -0.2) is 35.1 Å². The van der Waals surface area contributed by atoms with Crippen molar-refractivity contribution < 1.29 is 22.7 Å². The quantitative estimate of drug-likeness (QED) is 0.557. The Morgan fingerprint density at radius 1 is 1.14 bits per heavy atom. The lowest BCUT2D eigenvalue weighted by molar-refractivity contribution is -0.231. The molecule has 29 heavy (non-hydrogen) atoms. The summed E-state index contributed by atoms with van der Waals surface area (Å²) >= 11 is 1.31. The van der Waals surface area contributed by atoms with Crippen LogP contribution in [0, 0.1) is 5.41 Å². The van der Waals surface area contributed by atoms with Gasteiger partial charge in [0.25, 0.3) is 0 Å². The SMILES string of the molecule is O=C(OCc1nc2ccccc2s1)C1(C(F)(F)F)CCN(Cc2ccccc2)C1. The zero-order valence-corrected chi connectivity index (χ0v) is 16.3. The number of benzene rings is 2. The van der Waals surface area contributed by atoms with E-state index in [2.05, 4.69) is 4.98 Å². The topological polar surface area (TPSA) is 42.4 Å². The van der Waals surface area contributed by atoms with Crippen molar-refractivity contribution in [3.05, 3.63) is 65.2 Å². The highest BCUT2D eigenvalue weighted by Gasteiger charge is 2.64. The number of esters is 1. The monoisotopic (exact) mass is 420 g/mol. The number of alkyl halides is 3. The molecule has 2 aromatic carbocycles. The van der Waals surface area contributed by atoms with Crippen molar-refractivity contribution in [3.8, 4) is 0 Å². The van der Waals surface area contributed by atoms with E-state index in [1.54, 1.807) is 4.90 Å². The number of carbonyl (C=O) groups excluding carboxylic acids is 1. The maximum absolute atomic E-state index is 13.9. The molecule has 152 valence electrons. The van der Waals surface area contributed by atoms with Gasteiger partial charge in [-0.2, -0.15) is 13.2 Å². The van der Waals surface area contributed by atoms with Crippen LogP contribution in [0.5, 0.6) is 0 Å².